The molecule has 0 spiro atoms. The van der Waals surface area contributed by atoms with Crippen molar-refractivity contribution in [3.05, 3.63) is 28.2 Å². The van der Waals surface area contributed by atoms with Crippen LogP contribution in [0.15, 0.2) is 12.2 Å². The van der Waals surface area contributed by atoms with Crippen molar-refractivity contribution < 1.29 is 24.2 Å². The normalized spacial score (nSPS) is 30.1. The molecule has 1 amide bonds. The first-order valence-corrected chi connectivity index (χ1v) is 10.8. The summed E-state index contributed by atoms with van der Waals surface area (Å²) < 4.78 is 5.25. The first kappa shape index (κ1) is 19.2. The maximum atomic E-state index is 13.1. The predicted octanol–water partition coefficient (Wildman–Crippen LogP) is 3.51. The average molecular weight is 404 g/mol. The van der Waals surface area contributed by atoms with Crippen LogP contribution < -0.4 is 5.32 Å². The molecule has 1 saturated carbocycles. The van der Waals surface area contributed by atoms with E-state index >= 15 is 0 Å². The minimum Gasteiger partial charge on any atom is -0.481 e. The lowest BCUT2D eigenvalue weighted by atomic mass is 9.82. The van der Waals surface area contributed by atoms with E-state index in [1.165, 1.54) is 11.3 Å². The number of rotatable bonds is 5. The van der Waals surface area contributed by atoms with Crippen LogP contribution in [-0.4, -0.2) is 29.6 Å². The van der Waals surface area contributed by atoms with Crippen molar-refractivity contribution >= 4 is 34.2 Å². The SMILES string of the molecule is CCOC(=O)c1c(NC(=O)[C@H]2[C@@H](C(=O)O)[C@H]3C=C[C@H]2C3)sc2c1CC[C@@H](C)C2. The minimum atomic E-state index is -0.929. The lowest BCUT2D eigenvalue weighted by Gasteiger charge is -2.23. The molecular weight excluding hydrogens is 378 g/mol. The van der Waals surface area contributed by atoms with E-state index in [1.807, 2.05) is 12.2 Å². The Morgan fingerprint density at radius 1 is 1.25 bits per heavy atom. The number of hydrogen-bond donors (Lipinski definition) is 2. The Balaban J connectivity index is 1.64. The van der Waals surface area contributed by atoms with Crippen molar-refractivity contribution in [2.24, 2.45) is 29.6 Å². The molecule has 6 nitrogen and oxygen atoms in total. The van der Waals surface area contributed by atoms with Gasteiger partial charge in [0.1, 0.15) is 5.00 Å². The number of esters is 1. The van der Waals surface area contributed by atoms with Crippen LogP contribution in [0.5, 0.6) is 0 Å². The van der Waals surface area contributed by atoms with Crippen LogP contribution in [0.1, 0.15) is 47.5 Å². The summed E-state index contributed by atoms with van der Waals surface area (Å²) >= 11 is 1.44. The fraction of sp³-hybridized carbons (Fsp3) is 0.571. The van der Waals surface area contributed by atoms with Crippen LogP contribution in [-0.2, 0) is 27.2 Å². The zero-order chi connectivity index (χ0) is 20.0. The van der Waals surface area contributed by atoms with Crippen molar-refractivity contribution in [1.82, 2.24) is 0 Å². The summed E-state index contributed by atoms with van der Waals surface area (Å²) in [6.07, 6.45) is 7.27. The van der Waals surface area contributed by atoms with Crippen LogP contribution in [0.4, 0.5) is 5.00 Å². The van der Waals surface area contributed by atoms with Gasteiger partial charge in [0, 0.05) is 4.88 Å². The van der Waals surface area contributed by atoms with E-state index in [0.717, 1.165) is 29.7 Å². The molecule has 3 aliphatic rings. The van der Waals surface area contributed by atoms with Gasteiger partial charge in [-0.05, 0) is 55.9 Å². The number of carboxylic acid groups (broad SMARTS) is 1. The van der Waals surface area contributed by atoms with Crippen molar-refractivity contribution in [2.75, 3.05) is 11.9 Å². The van der Waals surface area contributed by atoms with E-state index < -0.39 is 23.8 Å². The number of amides is 1. The largest absolute Gasteiger partial charge is 0.481 e. The molecule has 0 aromatic carbocycles. The van der Waals surface area contributed by atoms with Gasteiger partial charge >= 0.3 is 11.9 Å². The third-order valence-electron chi connectivity index (χ3n) is 6.28. The van der Waals surface area contributed by atoms with E-state index in [1.54, 1.807) is 6.92 Å². The van der Waals surface area contributed by atoms with Gasteiger partial charge in [-0.2, -0.15) is 0 Å². The van der Waals surface area contributed by atoms with Crippen LogP contribution >= 0.6 is 11.3 Å². The second-order valence-corrected chi connectivity index (χ2v) is 9.21. The smallest absolute Gasteiger partial charge is 0.341 e. The van der Waals surface area contributed by atoms with Crippen molar-refractivity contribution in [3.8, 4) is 0 Å². The van der Waals surface area contributed by atoms with Crippen LogP contribution in [0.3, 0.4) is 0 Å². The molecule has 0 aliphatic heterocycles. The molecule has 2 bridgehead atoms. The second kappa shape index (κ2) is 7.35. The molecule has 1 aromatic heterocycles. The third kappa shape index (κ3) is 3.15. The van der Waals surface area contributed by atoms with Crippen molar-refractivity contribution in [1.29, 1.82) is 0 Å². The number of hydrogen-bond acceptors (Lipinski definition) is 5. The molecule has 7 heteroatoms. The Labute approximate surface area is 168 Å². The number of ether oxygens (including phenoxy) is 1. The van der Waals surface area contributed by atoms with Gasteiger partial charge in [0.15, 0.2) is 0 Å². The highest BCUT2D eigenvalue weighted by Crippen LogP contribution is 2.49. The Morgan fingerprint density at radius 3 is 2.64 bits per heavy atom. The average Bonchev–Trinajstić information content (AvgIpc) is 3.33. The third-order valence-corrected chi connectivity index (χ3v) is 7.44. The van der Waals surface area contributed by atoms with Gasteiger partial charge in [0.25, 0.3) is 0 Å². The molecule has 1 aromatic rings. The Hall–Kier alpha value is -2.15. The summed E-state index contributed by atoms with van der Waals surface area (Å²) in [7, 11) is 0. The van der Waals surface area contributed by atoms with Crippen LogP contribution in [0.25, 0.3) is 0 Å². The highest BCUT2D eigenvalue weighted by molar-refractivity contribution is 7.17. The number of anilines is 1. The first-order chi connectivity index (χ1) is 13.4. The van der Waals surface area contributed by atoms with Crippen molar-refractivity contribution in [3.63, 3.8) is 0 Å². The van der Waals surface area contributed by atoms with E-state index in [-0.39, 0.29) is 24.3 Å². The summed E-state index contributed by atoms with van der Waals surface area (Å²) in [5.41, 5.74) is 1.45. The summed E-state index contributed by atoms with van der Waals surface area (Å²) in [5, 5.41) is 13.0. The molecule has 0 saturated heterocycles. The topological polar surface area (TPSA) is 92.7 Å². The maximum absolute atomic E-state index is 13.1. The number of carbonyl (C=O) groups is 3. The predicted molar refractivity (Wildman–Crippen MR) is 105 cm³/mol. The van der Waals surface area contributed by atoms with Gasteiger partial charge in [-0.1, -0.05) is 19.1 Å². The van der Waals surface area contributed by atoms with E-state index in [2.05, 4.69) is 12.2 Å². The number of allylic oxidation sites excluding steroid dienone is 2. The summed E-state index contributed by atoms with van der Waals surface area (Å²) in [4.78, 5) is 38.5. The number of fused-ring (bicyclic) bond motifs is 3. The van der Waals surface area contributed by atoms with Crippen molar-refractivity contribution in [2.45, 2.75) is 39.5 Å². The van der Waals surface area contributed by atoms with Gasteiger partial charge in [-0.15, -0.1) is 11.3 Å². The van der Waals surface area contributed by atoms with Gasteiger partial charge in [-0.25, -0.2) is 4.79 Å². The fourth-order valence-electron chi connectivity index (χ4n) is 4.97. The minimum absolute atomic E-state index is 0.0493. The maximum Gasteiger partial charge on any atom is 0.341 e. The highest BCUT2D eigenvalue weighted by atomic mass is 32.1. The quantitative estimate of drug-likeness (QED) is 0.580. The van der Waals surface area contributed by atoms with E-state index in [0.29, 0.717) is 22.9 Å². The number of nitrogens with one attached hydrogen (secondary N) is 1. The molecule has 5 atom stereocenters. The van der Waals surface area contributed by atoms with Gasteiger partial charge in [-0.3, -0.25) is 9.59 Å². The fourth-order valence-corrected chi connectivity index (χ4v) is 6.37. The Bertz CT molecular complexity index is 857. The van der Waals surface area contributed by atoms with Gasteiger partial charge in [0.2, 0.25) is 5.91 Å². The molecule has 2 N–H and O–H groups in total. The van der Waals surface area contributed by atoms with E-state index in [9.17, 15) is 19.5 Å². The molecule has 4 rings (SSSR count). The lowest BCUT2D eigenvalue weighted by molar-refractivity contribution is -0.146. The molecule has 28 heavy (non-hydrogen) atoms. The zero-order valence-corrected chi connectivity index (χ0v) is 16.9. The first-order valence-electron chi connectivity index (χ1n) is 9.94. The molecule has 3 aliphatic carbocycles. The summed E-state index contributed by atoms with van der Waals surface area (Å²) in [6, 6.07) is 0. The molecule has 0 unspecified atom stereocenters. The summed E-state index contributed by atoms with van der Waals surface area (Å²) in [6.45, 7) is 4.21. The number of thiophene rings is 1. The standard InChI is InChI=1S/C21H25NO5S/c1-3-27-21(26)17-13-7-4-10(2)8-14(13)28-19(17)22-18(23)15-11-5-6-12(9-11)16(15)20(24)25/h5-6,10-12,15-16H,3-4,7-9H2,1-2H3,(H,22,23)(H,24,25)/t10-,11+,12+,15-,16+/m1/s1. The molecule has 0 radical (unpaired) electrons. The summed E-state index contributed by atoms with van der Waals surface area (Å²) in [5.74, 6) is -2.53. The highest BCUT2D eigenvalue weighted by Gasteiger charge is 2.51. The second-order valence-electron chi connectivity index (χ2n) is 8.10. The molecule has 1 heterocycles. The number of carbonyl (C=O) groups excluding carboxylic acids is 2. The Morgan fingerprint density at radius 2 is 1.96 bits per heavy atom. The number of carboxylic acids is 1. The molecule has 150 valence electrons. The van der Waals surface area contributed by atoms with Gasteiger partial charge in [0.05, 0.1) is 24.0 Å². The molecule has 1 fully saturated rings. The van der Waals surface area contributed by atoms with Crippen LogP contribution in [0, 0.1) is 29.6 Å². The van der Waals surface area contributed by atoms with Gasteiger partial charge < -0.3 is 15.2 Å². The van der Waals surface area contributed by atoms with Crippen LogP contribution in [0.2, 0.25) is 0 Å². The van der Waals surface area contributed by atoms with E-state index in [4.69, 9.17) is 4.74 Å². The monoisotopic (exact) mass is 403 g/mol. The lowest BCUT2D eigenvalue weighted by Crippen LogP contribution is -2.36. The zero-order valence-electron chi connectivity index (χ0n) is 16.1. The number of aliphatic carboxylic acids is 1. The Kier molecular flexibility index (Phi) is 5.04. The molecular formula is C21H25NO5S.